The lowest BCUT2D eigenvalue weighted by molar-refractivity contribution is 0.979. The molecule has 9 aromatic carbocycles. The van der Waals surface area contributed by atoms with Gasteiger partial charge in [0.2, 0.25) is 0 Å². The van der Waals surface area contributed by atoms with Crippen LogP contribution in [0.4, 0.5) is 11.4 Å². The maximum absolute atomic E-state index is 2.53. The van der Waals surface area contributed by atoms with Gasteiger partial charge in [0.1, 0.15) is 0 Å². The van der Waals surface area contributed by atoms with Crippen LogP contribution in [0.25, 0.3) is 84.5 Å². The standard InChI is InChI=1S/C53H35NS2/c1-3-19-40-35(14-1)16-12-24-42(40)43-21-5-8-26-48(43)54(39-18-11-17-36(32-39)37-30-31-45-44-22-6-9-27-49(44)56-52(45)33-37)34-38-15-2-4-20-41(38)46-25-13-29-51-53(46)47-23-7-10-28-50(47)55-51/h1-33H,34H2. The Bertz CT molecular complexity index is 3250. The average Bonchev–Trinajstić information content (AvgIpc) is 3.84. The zero-order chi connectivity index (χ0) is 37.0. The minimum Gasteiger partial charge on any atom is -0.336 e. The molecule has 0 radical (unpaired) electrons. The van der Waals surface area contributed by atoms with Crippen LogP contribution in [0.15, 0.2) is 200 Å². The number of fused-ring (bicyclic) bond motifs is 7. The molecular weight excluding hydrogens is 715 g/mol. The monoisotopic (exact) mass is 749 g/mol. The van der Waals surface area contributed by atoms with Gasteiger partial charge in [0.05, 0.1) is 0 Å². The van der Waals surface area contributed by atoms with Crippen molar-refractivity contribution in [3.8, 4) is 33.4 Å². The summed E-state index contributed by atoms with van der Waals surface area (Å²) in [5.41, 5.74) is 11.0. The van der Waals surface area contributed by atoms with E-state index in [0.29, 0.717) is 6.54 Å². The number of anilines is 2. The summed E-state index contributed by atoms with van der Waals surface area (Å²) in [7, 11) is 0. The Balaban J connectivity index is 1.10. The number of thiophene rings is 2. The summed E-state index contributed by atoms with van der Waals surface area (Å²) in [6, 6.07) is 73.7. The van der Waals surface area contributed by atoms with Gasteiger partial charge in [-0.1, -0.05) is 158 Å². The Morgan fingerprint density at radius 1 is 0.357 bits per heavy atom. The van der Waals surface area contributed by atoms with Crippen LogP contribution in [0.5, 0.6) is 0 Å². The third-order valence-electron chi connectivity index (χ3n) is 11.2. The molecule has 3 heteroatoms. The SMILES string of the molecule is c1cc(-c2ccc3c(c2)sc2ccccc23)cc(N(Cc2ccccc2-c2cccc3sc4ccccc4c23)c2ccccc2-c2cccc3ccccc23)c1. The van der Waals surface area contributed by atoms with E-state index in [4.69, 9.17) is 0 Å². The molecule has 11 aromatic rings. The number of nitrogens with zero attached hydrogens (tertiary/aromatic N) is 1. The van der Waals surface area contributed by atoms with Gasteiger partial charge in [-0.3, -0.25) is 0 Å². The number of para-hydroxylation sites is 1. The highest BCUT2D eigenvalue weighted by molar-refractivity contribution is 7.26. The predicted octanol–water partition coefficient (Wildman–Crippen LogP) is 15.9. The fraction of sp³-hybridized carbons (Fsp3) is 0.0189. The molecule has 0 atom stereocenters. The lowest BCUT2D eigenvalue weighted by Crippen LogP contribution is -2.18. The Labute approximate surface area is 334 Å². The highest BCUT2D eigenvalue weighted by Crippen LogP contribution is 2.44. The van der Waals surface area contributed by atoms with Crippen LogP contribution in [-0.4, -0.2) is 0 Å². The summed E-state index contributed by atoms with van der Waals surface area (Å²) < 4.78 is 5.29. The fourth-order valence-electron chi connectivity index (χ4n) is 8.56. The molecule has 0 N–H and O–H groups in total. The van der Waals surface area contributed by atoms with Crippen LogP contribution < -0.4 is 4.90 Å². The highest BCUT2D eigenvalue weighted by Gasteiger charge is 2.20. The predicted molar refractivity (Wildman–Crippen MR) is 245 cm³/mol. The first-order chi connectivity index (χ1) is 27.8. The molecule has 2 heterocycles. The molecule has 11 rings (SSSR count). The van der Waals surface area contributed by atoms with Crippen molar-refractivity contribution in [2.45, 2.75) is 6.54 Å². The van der Waals surface area contributed by atoms with E-state index in [1.807, 2.05) is 22.7 Å². The topological polar surface area (TPSA) is 3.24 Å². The second-order valence-corrected chi connectivity index (χ2v) is 16.6. The molecule has 0 saturated carbocycles. The third kappa shape index (κ3) is 5.59. The largest absolute Gasteiger partial charge is 0.336 e. The van der Waals surface area contributed by atoms with Crippen molar-refractivity contribution in [2.24, 2.45) is 0 Å². The van der Waals surface area contributed by atoms with Crippen molar-refractivity contribution in [2.75, 3.05) is 4.90 Å². The molecule has 0 aliphatic heterocycles. The molecule has 0 amide bonds. The van der Waals surface area contributed by atoms with E-state index in [2.05, 4.69) is 205 Å². The van der Waals surface area contributed by atoms with Gasteiger partial charge in [-0.25, -0.2) is 0 Å². The molecule has 264 valence electrons. The van der Waals surface area contributed by atoms with Crippen LogP contribution in [-0.2, 0) is 6.54 Å². The smallest absolute Gasteiger partial charge is 0.0493 e. The molecule has 56 heavy (non-hydrogen) atoms. The van der Waals surface area contributed by atoms with E-state index < -0.39 is 0 Å². The maximum atomic E-state index is 2.53. The molecule has 1 nitrogen and oxygen atoms in total. The summed E-state index contributed by atoms with van der Waals surface area (Å²) >= 11 is 3.75. The van der Waals surface area contributed by atoms with E-state index in [1.54, 1.807) is 0 Å². The highest BCUT2D eigenvalue weighted by atomic mass is 32.1. The molecule has 0 saturated heterocycles. The van der Waals surface area contributed by atoms with Crippen molar-refractivity contribution >= 4 is 85.2 Å². The molecule has 2 aromatic heterocycles. The minimum absolute atomic E-state index is 0.690. The molecule has 0 aliphatic carbocycles. The van der Waals surface area contributed by atoms with E-state index in [-0.39, 0.29) is 0 Å². The van der Waals surface area contributed by atoms with Gasteiger partial charge >= 0.3 is 0 Å². The normalized spacial score (nSPS) is 11.6. The second kappa shape index (κ2) is 13.6. The van der Waals surface area contributed by atoms with Gasteiger partial charge in [0.25, 0.3) is 0 Å². The second-order valence-electron chi connectivity index (χ2n) is 14.4. The molecule has 0 bridgehead atoms. The molecule has 0 aliphatic rings. The van der Waals surface area contributed by atoms with Crippen molar-refractivity contribution in [3.63, 3.8) is 0 Å². The zero-order valence-electron chi connectivity index (χ0n) is 30.5. The summed E-state index contributed by atoms with van der Waals surface area (Å²) in [6.07, 6.45) is 0. The third-order valence-corrected chi connectivity index (χ3v) is 13.5. The van der Waals surface area contributed by atoms with Crippen LogP contribution >= 0.6 is 22.7 Å². The Morgan fingerprint density at radius 2 is 0.946 bits per heavy atom. The van der Waals surface area contributed by atoms with Gasteiger partial charge in [-0.2, -0.15) is 0 Å². The quantitative estimate of drug-likeness (QED) is 0.157. The summed E-state index contributed by atoms with van der Waals surface area (Å²) in [6.45, 7) is 0.690. The summed E-state index contributed by atoms with van der Waals surface area (Å²) in [4.78, 5) is 2.53. The van der Waals surface area contributed by atoms with Crippen molar-refractivity contribution < 1.29 is 0 Å². The molecule has 0 fully saturated rings. The lowest BCUT2D eigenvalue weighted by atomic mass is 9.93. The molecule has 0 unspecified atom stereocenters. The van der Waals surface area contributed by atoms with Gasteiger partial charge in [0.15, 0.2) is 0 Å². The fourth-order valence-corrected chi connectivity index (χ4v) is 10.8. The van der Waals surface area contributed by atoms with Crippen molar-refractivity contribution in [3.05, 3.63) is 206 Å². The van der Waals surface area contributed by atoms with E-state index in [1.165, 1.54) is 95.7 Å². The van der Waals surface area contributed by atoms with Crippen molar-refractivity contribution in [1.29, 1.82) is 0 Å². The lowest BCUT2D eigenvalue weighted by Gasteiger charge is -2.29. The van der Waals surface area contributed by atoms with Gasteiger partial charge in [-0.15, -0.1) is 22.7 Å². The van der Waals surface area contributed by atoms with Crippen molar-refractivity contribution in [1.82, 2.24) is 0 Å². The van der Waals surface area contributed by atoms with Crippen LogP contribution in [0.3, 0.4) is 0 Å². The minimum atomic E-state index is 0.690. The first-order valence-electron chi connectivity index (χ1n) is 19.1. The molecule has 0 spiro atoms. The number of rotatable bonds is 7. The van der Waals surface area contributed by atoms with Gasteiger partial charge in [0, 0.05) is 63.8 Å². The van der Waals surface area contributed by atoms with E-state index in [9.17, 15) is 0 Å². The first-order valence-corrected chi connectivity index (χ1v) is 20.8. The Hall–Kier alpha value is -6.52. The summed E-state index contributed by atoms with van der Waals surface area (Å²) in [5, 5.41) is 7.80. The van der Waals surface area contributed by atoms with Crippen LogP contribution in [0.2, 0.25) is 0 Å². The van der Waals surface area contributed by atoms with Crippen LogP contribution in [0, 0.1) is 0 Å². The molecular formula is C53H35NS2. The van der Waals surface area contributed by atoms with Gasteiger partial charge in [-0.05, 0) is 86.6 Å². The van der Waals surface area contributed by atoms with Crippen LogP contribution in [0.1, 0.15) is 5.56 Å². The maximum Gasteiger partial charge on any atom is 0.0493 e. The Kier molecular flexibility index (Phi) is 8.01. The van der Waals surface area contributed by atoms with E-state index >= 15 is 0 Å². The average molecular weight is 750 g/mol. The first kappa shape index (κ1) is 32.9. The Morgan fingerprint density at radius 3 is 1.86 bits per heavy atom. The van der Waals surface area contributed by atoms with Gasteiger partial charge < -0.3 is 4.90 Å². The number of benzene rings is 9. The number of hydrogen-bond donors (Lipinski definition) is 0. The number of hydrogen-bond acceptors (Lipinski definition) is 3. The van der Waals surface area contributed by atoms with E-state index in [0.717, 1.165) is 5.69 Å². The summed E-state index contributed by atoms with van der Waals surface area (Å²) in [5.74, 6) is 0. The zero-order valence-corrected chi connectivity index (χ0v) is 32.2.